The molecule has 0 aliphatic carbocycles. The molecule has 0 saturated carbocycles. The largest absolute Gasteiger partial charge is 1.00 e. The van der Waals surface area contributed by atoms with Crippen LogP contribution in [0.5, 0.6) is 0 Å². The Hall–Kier alpha value is 0.130. The average Bonchev–Trinajstić information content (AvgIpc) is 1.97. The minimum Gasteiger partial charge on any atom is -1.00 e. The number of ether oxygens (including phenoxy) is 1. The molecule has 0 rings (SSSR count). The van der Waals surface area contributed by atoms with E-state index in [0.29, 0.717) is 19.6 Å². The summed E-state index contributed by atoms with van der Waals surface area (Å²) >= 11 is 0. The standard InChI is InChI=1S/C9H22NO3.ClH/c1-10(2,3)5-7-13-8-9(12)4-6-11;/h9,11-12H,4-8H2,1-3H3;1H/q+1;/p-1. The average molecular weight is 228 g/mol. The molecule has 5 heteroatoms. The highest BCUT2D eigenvalue weighted by molar-refractivity contribution is 4.51. The Morgan fingerprint density at radius 1 is 1.29 bits per heavy atom. The Balaban J connectivity index is 0. The number of halogens is 1. The van der Waals surface area contributed by atoms with E-state index in [1.165, 1.54) is 0 Å². The van der Waals surface area contributed by atoms with Gasteiger partial charge in [-0.1, -0.05) is 0 Å². The molecular formula is C9H22ClNO3. The van der Waals surface area contributed by atoms with Crippen LogP contribution < -0.4 is 12.4 Å². The highest BCUT2D eigenvalue weighted by Gasteiger charge is 2.07. The molecule has 0 aliphatic rings. The van der Waals surface area contributed by atoms with Gasteiger partial charge in [-0.05, 0) is 6.42 Å². The van der Waals surface area contributed by atoms with E-state index in [1.807, 2.05) is 0 Å². The van der Waals surface area contributed by atoms with Crippen molar-refractivity contribution in [2.45, 2.75) is 12.5 Å². The van der Waals surface area contributed by atoms with Crippen LogP contribution in [0.3, 0.4) is 0 Å². The van der Waals surface area contributed by atoms with Gasteiger partial charge in [0, 0.05) is 6.61 Å². The summed E-state index contributed by atoms with van der Waals surface area (Å²) in [6.45, 7) is 1.90. The summed E-state index contributed by atoms with van der Waals surface area (Å²) in [7, 11) is 6.27. The lowest BCUT2D eigenvalue weighted by Gasteiger charge is -2.23. The number of quaternary nitrogens is 1. The molecule has 0 heterocycles. The van der Waals surface area contributed by atoms with Crippen molar-refractivity contribution >= 4 is 0 Å². The number of rotatable bonds is 7. The van der Waals surface area contributed by atoms with E-state index < -0.39 is 6.10 Å². The van der Waals surface area contributed by atoms with Gasteiger partial charge in [0.15, 0.2) is 0 Å². The van der Waals surface area contributed by atoms with Crippen molar-refractivity contribution in [1.82, 2.24) is 0 Å². The van der Waals surface area contributed by atoms with Crippen LogP contribution in [-0.4, -0.2) is 68.3 Å². The van der Waals surface area contributed by atoms with E-state index in [0.717, 1.165) is 11.0 Å². The number of aliphatic hydroxyl groups excluding tert-OH is 2. The Morgan fingerprint density at radius 3 is 2.29 bits per heavy atom. The van der Waals surface area contributed by atoms with E-state index >= 15 is 0 Å². The van der Waals surface area contributed by atoms with Crippen LogP contribution in [0.2, 0.25) is 0 Å². The van der Waals surface area contributed by atoms with Crippen LogP contribution in [-0.2, 0) is 4.74 Å². The zero-order chi connectivity index (χ0) is 10.3. The van der Waals surface area contributed by atoms with Crippen molar-refractivity contribution in [2.75, 3.05) is 47.5 Å². The van der Waals surface area contributed by atoms with Crippen molar-refractivity contribution < 1.29 is 31.8 Å². The van der Waals surface area contributed by atoms with Gasteiger partial charge in [0.05, 0.1) is 40.5 Å². The Bertz CT molecular complexity index is 128. The molecule has 0 bridgehead atoms. The predicted octanol–water partition coefficient (Wildman–Crippen LogP) is -3.54. The van der Waals surface area contributed by atoms with Crippen LogP contribution in [0.4, 0.5) is 0 Å². The van der Waals surface area contributed by atoms with Gasteiger partial charge in [0.2, 0.25) is 0 Å². The molecule has 0 fully saturated rings. The SMILES string of the molecule is C[N+](C)(C)CCOCC(O)CCO.[Cl-]. The van der Waals surface area contributed by atoms with Gasteiger partial charge in [-0.15, -0.1) is 0 Å². The molecule has 0 radical (unpaired) electrons. The molecular weight excluding hydrogens is 206 g/mol. The molecule has 4 nitrogen and oxygen atoms in total. The van der Waals surface area contributed by atoms with Crippen molar-refractivity contribution in [3.63, 3.8) is 0 Å². The van der Waals surface area contributed by atoms with Crippen LogP contribution >= 0.6 is 0 Å². The third-order valence-electron chi connectivity index (χ3n) is 1.68. The van der Waals surface area contributed by atoms with Gasteiger partial charge in [0.1, 0.15) is 6.54 Å². The number of hydrogen-bond donors (Lipinski definition) is 2. The summed E-state index contributed by atoms with van der Waals surface area (Å²) < 4.78 is 6.10. The van der Waals surface area contributed by atoms with E-state index in [1.54, 1.807) is 0 Å². The minimum absolute atomic E-state index is 0. The highest BCUT2D eigenvalue weighted by atomic mass is 35.5. The number of nitrogens with zero attached hydrogens (tertiary/aromatic N) is 1. The van der Waals surface area contributed by atoms with Crippen LogP contribution in [0, 0.1) is 0 Å². The van der Waals surface area contributed by atoms with Gasteiger partial charge in [-0.3, -0.25) is 0 Å². The molecule has 2 N–H and O–H groups in total. The first-order valence-corrected chi connectivity index (χ1v) is 4.63. The summed E-state index contributed by atoms with van der Waals surface area (Å²) in [5.41, 5.74) is 0. The van der Waals surface area contributed by atoms with Gasteiger partial charge in [0.25, 0.3) is 0 Å². The van der Waals surface area contributed by atoms with Crippen LogP contribution in [0.25, 0.3) is 0 Å². The fourth-order valence-corrected chi connectivity index (χ4v) is 0.790. The summed E-state index contributed by atoms with van der Waals surface area (Å²) in [6.07, 6.45) is -0.137. The molecule has 0 aromatic heterocycles. The maximum Gasteiger partial charge on any atom is 0.102 e. The fraction of sp³-hybridized carbons (Fsp3) is 1.00. The van der Waals surface area contributed by atoms with Gasteiger partial charge in [-0.2, -0.15) is 0 Å². The molecule has 0 aromatic rings. The molecule has 0 aromatic carbocycles. The first-order valence-electron chi connectivity index (χ1n) is 4.63. The number of hydrogen-bond acceptors (Lipinski definition) is 3. The minimum atomic E-state index is -0.530. The van der Waals surface area contributed by atoms with Crippen molar-refractivity contribution in [2.24, 2.45) is 0 Å². The van der Waals surface area contributed by atoms with E-state index in [-0.39, 0.29) is 19.0 Å². The highest BCUT2D eigenvalue weighted by Crippen LogP contribution is 1.93. The second-order valence-corrected chi connectivity index (χ2v) is 4.25. The zero-order valence-corrected chi connectivity index (χ0v) is 10.00. The summed E-state index contributed by atoms with van der Waals surface area (Å²) in [4.78, 5) is 0. The monoisotopic (exact) mass is 227 g/mol. The van der Waals surface area contributed by atoms with Gasteiger partial charge in [-0.25, -0.2) is 0 Å². The van der Waals surface area contributed by atoms with Crippen LogP contribution in [0.1, 0.15) is 6.42 Å². The number of likely N-dealkylation sites (N-methyl/N-ethyl adjacent to an activating group) is 1. The van der Waals surface area contributed by atoms with Crippen molar-refractivity contribution in [3.05, 3.63) is 0 Å². The second-order valence-electron chi connectivity index (χ2n) is 4.25. The van der Waals surface area contributed by atoms with Crippen LogP contribution in [0.15, 0.2) is 0 Å². The lowest BCUT2D eigenvalue weighted by molar-refractivity contribution is -0.870. The predicted molar refractivity (Wildman–Crippen MR) is 51.4 cm³/mol. The topological polar surface area (TPSA) is 49.7 Å². The smallest absolute Gasteiger partial charge is 0.102 e. The molecule has 1 unspecified atom stereocenters. The maximum absolute atomic E-state index is 9.19. The molecule has 0 spiro atoms. The molecule has 0 amide bonds. The lowest BCUT2D eigenvalue weighted by atomic mass is 10.3. The third-order valence-corrected chi connectivity index (χ3v) is 1.68. The quantitative estimate of drug-likeness (QED) is 0.350. The molecule has 14 heavy (non-hydrogen) atoms. The van der Waals surface area contributed by atoms with E-state index in [4.69, 9.17) is 9.84 Å². The molecule has 1 atom stereocenters. The summed E-state index contributed by atoms with van der Waals surface area (Å²) in [5.74, 6) is 0. The Labute approximate surface area is 92.5 Å². The first-order chi connectivity index (χ1) is 5.95. The second kappa shape index (κ2) is 8.44. The van der Waals surface area contributed by atoms with E-state index in [9.17, 15) is 5.11 Å². The van der Waals surface area contributed by atoms with Crippen molar-refractivity contribution in [3.8, 4) is 0 Å². The maximum atomic E-state index is 9.19. The van der Waals surface area contributed by atoms with Crippen molar-refractivity contribution in [1.29, 1.82) is 0 Å². The van der Waals surface area contributed by atoms with Gasteiger partial charge < -0.3 is 31.8 Å². The zero-order valence-electron chi connectivity index (χ0n) is 9.24. The van der Waals surface area contributed by atoms with Gasteiger partial charge >= 0.3 is 0 Å². The first kappa shape index (κ1) is 16.6. The third kappa shape index (κ3) is 12.1. The summed E-state index contributed by atoms with van der Waals surface area (Å²) in [5, 5.41) is 17.7. The molecule has 88 valence electrons. The molecule has 0 saturated heterocycles. The number of aliphatic hydroxyl groups is 2. The lowest BCUT2D eigenvalue weighted by Crippen LogP contribution is -3.00. The van der Waals surface area contributed by atoms with E-state index in [2.05, 4.69) is 21.1 Å². The summed E-state index contributed by atoms with van der Waals surface area (Å²) in [6, 6.07) is 0. The Morgan fingerprint density at radius 2 is 1.86 bits per heavy atom. The molecule has 0 aliphatic heterocycles. The Kier molecular flexibility index (Phi) is 9.98. The fourth-order valence-electron chi connectivity index (χ4n) is 0.790. The normalized spacial score (nSPS) is 13.5.